The summed E-state index contributed by atoms with van der Waals surface area (Å²) >= 11 is 0. The highest BCUT2D eigenvalue weighted by Gasteiger charge is 2.29. The largest absolute Gasteiger partial charge is 0.335 e. The lowest BCUT2D eigenvalue weighted by atomic mass is 10.0. The Labute approximate surface area is 164 Å². The van der Waals surface area contributed by atoms with E-state index in [0.717, 1.165) is 35.1 Å². The summed E-state index contributed by atoms with van der Waals surface area (Å²) in [6.07, 6.45) is 3.97. The van der Waals surface area contributed by atoms with Gasteiger partial charge in [-0.15, -0.1) is 0 Å². The first-order chi connectivity index (χ1) is 13.4. The van der Waals surface area contributed by atoms with Gasteiger partial charge in [-0.05, 0) is 57.4 Å². The van der Waals surface area contributed by atoms with Gasteiger partial charge in [0.1, 0.15) is 5.82 Å². The van der Waals surface area contributed by atoms with Crippen LogP contribution in [0.25, 0.3) is 11.0 Å². The Morgan fingerprint density at radius 3 is 2.50 bits per heavy atom. The van der Waals surface area contributed by atoms with Crippen molar-refractivity contribution in [2.45, 2.75) is 51.6 Å². The van der Waals surface area contributed by atoms with Crippen molar-refractivity contribution in [1.29, 1.82) is 0 Å². The zero-order valence-electron chi connectivity index (χ0n) is 16.7. The van der Waals surface area contributed by atoms with Gasteiger partial charge < -0.3 is 4.90 Å². The Kier molecular flexibility index (Phi) is 4.65. The Bertz CT molecular complexity index is 1020. The molecule has 1 atom stereocenters. The third-order valence-corrected chi connectivity index (χ3v) is 5.56. The minimum absolute atomic E-state index is 0.0746. The number of rotatable bonds is 5. The fraction of sp³-hybridized carbons (Fsp3) is 0.409. The van der Waals surface area contributed by atoms with Crippen molar-refractivity contribution in [2.75, 3.05) is 7.05 Å². The number of carbonyl (C=O) groups is 1. The van der Waals surface area contributed by atoms with Gasteiger partial charge in [-0.1, -0.05) is 12.1 Å². The highest BCUT2D eigenvalue weighted by atomic mass is 19.1. The molecule has 1 aliphatic carbocycles. The minimum atomic E-state index is -0.282. The fourth-order valence-corrected chi connectivity index (χ4v) is 3.51. The van der Waals surface area contributed by atoms with E-state index in [0.29, 0.717) is 11.5 Å². The molecule has 0 saturated heterocycles. The number of amides is 1. The summed E-state index contributed by atoms with van der Waals surface area (Å²) < 4.78 is 15.1. The Morgan fingerprint density at radius 1 is 1.21 bits per heavy atom. The molecule has 0 N–H and O–H groups in total. The molecule has 2 aromatic heterocycles. The molecule has 0 radical (unpaired) electrons. The van der Waals surface area contributed by atoms with Crippen LogP contribution in [-0.2, 0) is 0 Å². The van der Waals surface area contributed by atoms with Crippen LogP contribution < -0.4 is 0 Å². The molecule has 1 saturated carbocycles. The van der Waals surface area contributed by atoms with Gasteiger partial charge in [-0.25, -0.2) is 14.1 Å². The van der Waals surface area contributed by atoms with E-state index < -0.39 is 0 Å². The van der Waals surface area contributed by atoms with Crippen LogP contribution in [0.5, 0.6) is 0 Å². The average molecular weight is 380 g/mol. The normalized spacial score (nSPS) is 15.2. The molecule has 1 aliphatic rings. The van der Waals surface area contributed by atoms with Crippen molar-refractivity contribution in [3.05, 3.63) is 59.2 Å². The van der Waals surface area contributed by atoms with Gasteiger partial charge in [-0.3, -0.25) is 4.79 Å². The summed E-state index contributed by atoms with van der Waals surface area (Å²) in [4.78, 5) is 19.9. The number of nitrogens with zero attached hydrogens (tertiary/aromatic N) is 4. The number of pyridine rings is 1. The zero-order valence-corrected chi connectivity index (χ0v) is 16.7. The smallest absolute Gasteiger partial charge is 0.254 e. The average Bonchev–Trinajstić information content (AvgIpc) is 3.44. The van der Waals surface area contributed by atoms with E-state index >= 15 is 0 Å². The second kappa shape index (κ2) is 7.00. The van der Waals surface area contributed by atoms with Crippen LogP contribution in [0.4, 0.5) is 4.39 Å². The van der Waals surface area contributed by atoms with Crippen molar-refractivity contribution in [2.24, 2.45) is 0 Å². The fourth-order valence-electron chi connectivity index (χ4n) is 3.51. The molecule has 1 amide bonds. The molecule has 1 fully saturated rings. The number of fused-ring (bicyclic) bond motifs is 1. The van der Waals surface area contributed by atoms with Crippen LogP contribution in [-0.4, -0.2) is 32.6 Å². The second-order valence-corrected chi connectivity index (χ2v) is 7.93. The standard InChI is InChI=1S/C22H25FN4O/c1-13(2)27-21-19(12-24-27)18(11-20(25-21)16-5-6-16)22(28)26(4)14(3)15-7-9-17(23)10-8-15/h7-14,16H,5-6H2,1-4H3. The van der Waals surface area contributed by atoms with E-state index in [9.17, 15) is 9.18 Å². The summed E-state index contributed by atoms with van der Waals surface area (Å²) in [6.45, 7) is 6.06. The Balaban J connectivity index is 1.74. The quantitative estimate of drug-likeness (QED) is 0.635. The molecule has 1 aromatic carbocycles. The molecule has 2 heterocycles. The summed E-state index contributed by atoms with van der Waals surface area (Å²) in [5.41, 5.74) is 3.27. The third kappa shape index (κ3) is 3.28. The second-order valence-electron chi connectivity index (χ2n) is 7.93. The third-order valence-electron chi connectivity index (χ3n) is 5.56. The molecule has 5 nitrogen and oxygen atoms in total. The maximum atomic E-state index is 13.4. The highest BCUT2D eigenvalue weighted by molar-refractivity contribution is 6.05. The first-order valence-electron chi connectivity index (χ1n) is 9.77. The number of aromatic nitrogens is 3. The lowest BCUT2D eigenvalue weighted by Crippen LogP contribution is -2.30. The topological polar surface area (TPSA) is 51.0 Å². The summed E-state index contributed by atoms with van der Waals surface area (Å²) in [6, 6.07) is 8.21. The molecule has 0 aliphatic heterocycles. The highest BCUT2D eigenvalue weighted by Crippen LogP contribution is 2.40. The lowest BCUT2D eigenvalue weighted by molar-refractivity contribution is 0.0744. The van der Waals surface area contributed by atoms with E-state index in [1.165, 1.54) is 12.1 Å². The van der Waals surface area contributed by atoms with Gasteiger partial charge in [0.15, 0.2) is 5.65 Å². The Hall–Kier alpha value is -2.76. The van der Waals surface area contributed by atoms with Crippen LogP contribution in [0.3, 0.4) is 0 Å². The number of benzene rings is 1. The molecule has 0 spiro atoms. The van der Waals surface area contributed by atoms with Gasteiger partial charge >= 0.3 is 0 Å². The molecule has 3 aromatic rings. The van der Waals surface area contributed by atoms with E-state index in [4.69, 9.17) is 4.98 Å². The number of hydrogen-bond acceptors (Lipinski definition) is 3. The van der Waals surface area contributed by atoms with Crippen LogP contribution in [0.15, 0.2) is 36.5 Å². The van der Waals surface area contributed by atoms with Gasteiger partial charge in [0.2, 0.25) is 0 Å². The van der Waals surface area contributed by atoms with Gasteiger partial charge in [-0.2, -0.15) is 5.10 Å². The number of carbonyl (C=O) groups excluding carboxylic acids is 1. The summed E-state index contributed by atoms with van der Waals surface area (Å²) in [7, 11) is 1.78. The zero-order chi connectivity index (χ0) is 20.0. The van der Waals surface area contributed by atoms with Crippen molar-refractivity contribution in [1.82, 2.24) is 19.7 Å². The van der Waals surface area contributed by atoms with Crippen molar-refractivity contribution in [3.63, 3.8) is 0 Å². The molecule has 4 rings (SSSR count). The molecule has 28 heavy (non-hydrogen) atoms. The van der Waals surface area contributed by atoms with Gasteiger partial charge in [0.25, 0.3) is 5.91 Å². The first kappa shape index (κ1) is 18.6. The van der Waals surface area contributed by atoms with E-state index in [1.54, 1.807) is 30.3 Å². The van der Waals surface area contributed by atoms with Gasteiger partial charge in [0, 0.05) is 24.7 Å². The minimum Gasteiger partial charge on any atom is -0.335 e. The van der Waals surface area contributed by atoms with Crippen LogP contribution in [0.2, 0.25) is 0 Å². The Morgan fingerprint density at radius 2 is 1.89 bits per heavy atom. The van der Waals surface area contributed by atoms with E-state index in [-0.39, 0.29) is 23.8 Å². The number of halogens is 1. The van der Waals surface area contributed by atoms with Crippen LogP contribution in [0, 0.1) is 5.82 Å². The molecule has 146 valence electrons. The predicted molar refractivity (Wildman–Crippen MR) is 107 cm³/mol. The monoisotopic (exact) mass is 380 g/mol. The van der Waals surface area contributed by atoms with Crippen LogP contribution in [0.1, 0.15) is 73.2 Å². The molecular weight excluding hydrogens is 355 g/mol. The molecular formula is C22H25FN4O. The van der Waals surface area contributed by atoms with Gasteiger partial charge in [0.05, 0.1) is 23.2 Å². The van der Waals surface area contributed by atoms with Crippen LogP contribution >= 0.6 is 0 Å². The van der Waals surface area contributed by atoms with Crippen molar-refractivity contribution >= 4 is 16.9 Å². The SMILES string of the molecule is CC(c1ccc(F)cc1)N(C)C(=O)c1cc(C2CC2)nc2c1cnn2C(C)C. The predicted octanol–water partition coefficient (Wildman–Crippen LogP) is 4.86. The maximum Gasteiger partial charge on any atom is 0.254 e. The van der Waals surface area contributed by atoms with E-state index in [2.05, 4.69) is 18.9 Å². The maximum absolute atomic E-state index is 13.4. The lowest BCUT2D eigenvalue weighted by Gasteiger charge is -2.26. The molecule has 6 heteroatoms. The number of hydrogen-bond donors (Lipinski definition) is 0. The molecule has 1 unspecified atom stereocenters. The van der Waals surface area contributed by atoms with Crippen molar-refractivity contribution < 1.29 is 9.18 Å². The molecule has 0 bridgehead atoms. The van der Waals surface area contributed by atoms with E-state index in [1.807, 2.05) is 17.7 Å². The summed E-state index contributed by atoms with van der Waals surface area (Å²) in [5, 5.41) is 5.25. The van der Waals surface area contributed by atoms with Crippen molar-refractivity contribution in [3.8, 4) is 0 Å². The first-order valence-corrected chi connectivity index (χ1v) is 9.77. The summed E-state index contributed by atoms with van der Waals surface area (Å²) in [5.74, 6) is 0.0802.